The summed E-state index contributed by atoms with van der Waals surface area (Å²) in [6, 6.07) is 2.81. The highest BCUT2D eigenvalue weighted by Gasteiger charge is 2.03. The van der Waals surface area contributed by atoms with Crippen molar-refractivity contribution >= 4 is 17.7 Å². The molecule has 0 fully saturated rings. The van der Waals surface area contributed by atoms with Crippen molar-refractivity contribution in [3.05, 3.63) is 36.0 Å². The minimum Gasteiger partial charge on any atom is -0.478 e. The Balaban J connectivity index is 2.72. The van der Waals surface area contributed by atoms with Crippen LogP contribution in [-0.2, 0) is 4.79 Å². The van der Waals surface area contributed by atoms with Crippen LogP contribution >= 0.6 is 0 Å². The highest BCUT2D eigenvalue weighted by molar-refractivity contribution is 5.98. The number of carbonyl (C=O) groups excluding carboxylic acids is 1. The van der Waals surface area contributed by atoms with Crippen molar-refractivity contribution < 1.29 is 14.7 Å². The highest BCUT2D eigenvalue weighted by atomic mass is 16.4. The summed E-state index contributed by atoms with van der Waals surface area (Å²) in [5, 5.41) is 11.1. The molecule has 0 aromatic carbocycles. The van der Waals surface area contributed by atoms with Crippen LogP contribution in [0.15, 0.2) is 30.5 Å². The van der Waals surface area contributed by atoms with Crippen LogP contribution in [0.4, 0.5) is 5.82 Å². The van der Waals surface area contributed by atoms with Gasteiger partial charge in [0.15, 0.2) is 0 Å². The number of anilines is 1. The van der Waals surface area contributed by atoms with Gasteiger partial charge in [0.1, 0.15) is 5.82 Å². The van der Waals surface area contributed by atoms with Crippen molar-refractivity contribution in [1.82, 2.24) is 4.98 Å². The summed E-state index contributed by atoms with van der Waals surface area (Å²) < 4.78 is 0. The molecule has 5 heteroatoms. The number of nitrogens with zero attached hydrogens (tertiary/aromatic N) is 1. The van der Waals surface area contributed by atoms with E-state index in [9.17, 15) is 9.59 Å². The SMILES string of the molecule is CC=CC(=O)Nc1ccc(C(=O)O)cn1. The predicted molar refractivity (Wildman–Crippen MR) is 54.6 cm³/mol. The topological polar surface area (TPSA) is 79.3 Å². The second kappa shape index (κ2) is 4.90. The minimum absolute atomic E-state index is 0.0824. The van der Waals surface area contributed by atoms with Gasteiger partial charge in [0.2, 0.25) is 5.91 Å². The molecule has 1 amide bonds. The van der Waals surface area contributed by atoms with Gasteiger partial charge in [0.25, 0.3) is 0 Å². The molecule has 1 heterocycles. The van der Waals surface area contributed by atoms with Crippen LogP contribution in [0.25, 0.3) is 0 Å². The van der Waals surface area contributed by atoms with E-state index in [1.807, 2.05) is 0 Å². The molecule has 15 heavy (non-hydrogen) atoms. The number of carbonyl (C=O) groups is 2. The first-order chi connectivity index (χ1) is 7.13. The Labute approximate surface area is 86.5 Å². The summed E-state index contributed by atoms with van der Waals surface area (Å²) in [7, 11) is 0. The molecule has 1 aromatic heterocycles. The number of aromatic carboxylic acids is 1. The van der Waals surface area contributed by atoms with E-state index < -0.39 is 5.97 Å². The average molecular weight is 206 g/mol. The number of hydrogen-bond donors (Lipinski definition) is 2. The fourth-order valence-electron chi connectivity index (χ4n) is 0.914. The molecule has 2 N–H and O–H groups in total. The molecule has 0 saturated heterocycles. The first-order valence-electron chi connectivity index (χ1n) is 4.26. The Morgan fingerprint density at radius 1 is 1.47 bits per heavy atom. The highest BCUT2D eigenvalue weighted by Crippen LogP contribution is 2.04. The van der Waals surface area contributed by atoms with Gasteiger partial charge in [-0.05, 0) is 25.1 Å². The van der Waals surface area contributed by atoms with E-state index in [0.29, 0.717) is 5.82 Å². The molecule has 78 valence electrons. The molecule has 5 nitrogen and oxygen atoms in total. The predicted octanol–water partition coefficient (Wildman–Crippen LogP) is 1.29. The smallest absolute Gasteiger partial charge is 0.337 e. The number of hydrogen-bond acceptors (Lipinski definition) is 3. The normalized spacial score (nSPS) is 10.2. The molecule has 0 spiro atoms. The average Bonchev–Trinajstić information content (AvgIpc) is 2.18. The standard InChI is InChI=1S/C10H10N2O3/c1-2-3-9(13)12-8-5-4-7(6-11-8)10(14)15/h2-6H,1H3,(H,14,15)(H,11,12,13). The maximum atomic E-state index is 11.1. The molecule has 1 rings (SSSR count). The first-order valence-corrected chi connectivity index (χ1v) is 4.26. The molecule has 1 aromatic rings. The van der Waals surface area contributed by atoms with Crippen molar-refractivity contribution in [3.8, 4) is 0 Å². The van der Waals surface area contributed by atoms with Crippen molar-refractivity contribution in [3.63, 3.8) is 0 Å². The first kappa shape index (κ1) is 10.9. The molecule has 0 aliphatic heterocycles. The maximum Gasteiger partial charge on any atom is 0.337 e. The van der Waals surface area contributed by atoms with Gasteiger partial charge in [0, 0.05) is 6.20 Å². The quantitative estimate of drug-likeness (QED) is 0.730. The summed E-state index contributed by atoms with van der Waals surface area (Å²) in [4.78, 5) is 25.4. The molecule has 0 bridgehead atoms. The number of allylic oxidation sites excluding steroid dienone is 1. The van der Waals surface area contributed by atoms with Gasteiger partial charge in [-0.3, -0.25) is 4.79 Å². The molecule has 0 saturated carbocycles. The van der Waals surface area contributed by atoms with Crippen molar-refractivity contribution in [2.75, 3.05) is 5.32 Å². The number of aromatic nitrogens is 1. The Morgan fingerprint density at radius 3 is 2.67 bits per heavy atom. The third-order valence-electron chi connectivity index (χ3n) is 1.58. The van der Waals surface area contributed by atoms with Crippen LogP contribution in [0, 0.1) is 0 Å². The summed E-state index contributed by atoms with van der Waals surface area (Å²) in [6.45, 7) is 1.72. The zero-order valence-electron chi connectivity index (χ0n) is 8.10. The van der Waals surface area contributed by atoms with E-state index in [2.05, 4.69) is 10.3 Å². The Morgan fingerprint density at radius 2 is 2.20 bits per heavy atom. The van der Waals surface area contributed by atoms with Crippen LogP contribution in [-0.4, -0.2) is 22.0 Å². The van der Waals surface area contributed by atoms with E-state index >= 15 is 0 Å². The zero-order chi connectivity index (χ0) is 11.3. The van der Waals surface area contributed by atoms with Crippen LogP contribution in [0.3, 0.4) is 0 Å². The van der Waals surface area contributed by atoms with Crippen molar-refractivity contribution in [2.24, 2.45) is 0 Å². The Kier molecular flexibility index (Phi) is 3.56. The van der Waals surface area contributed by atoms with Gasteiger partial charge in [-0.15, -0.1) is 0 Å². The van der Waals surface area contributed by atoms with E-state index in [4.69, 9.17) is 5.11 Å². The zero-order valence-corrected chi connectivity index (χ0v) is 8.10. The summed E-state index contributed by atoms with van der Waals surface area (Å²) in [5.41, 5.74) is 0.0824. The molecule has 0 radical (unpaired) electrons. The van der Waals surface area contributed by atoms with Crippen molar-refractivity contribution in [1.29, 1.82) is 0 Å². The molecule has 0 unspecified atom stereocenters. The Bertz CT molecular complexity index is 396. The summed E-state index contributed by atoms with van der Waals surface area (Å²) in [6.07, 6.45) is 4.14. The molecule has 0 atom stereocenters. The molecule has 0 aliphatic rings. The molecular formula is C10H10N2O3. The van der Waals surface area contributed by atoms with Gasteiger partial charge in [0.05, 0.1) is 5.56 Å². The van der Waals surface area contributed by atoms with Gasteiger partial charge in [-0.2, -0.15) is 0 Å². The lowest BCUT2D eigenvalue weighted by atomic mass is 10.3. The third kappa shape index (κ3) is 3.22. The number of rotatable bonds is 3. The van der Waals surface area contributed by atoms with E-state index in [1.54, 1.807) is 13.0 Å². The van der Waals surface area contributed by atoms with Gasteiger partial charge in [-0.1, -0.05) is 6.08 Å². The fraction of sp³-hybridized carbons (Fsp3) is 0.100. The molecular weight excluding hydrogens is 196 g/mol. The van der Waals surface area contributed by atoms with Crippen LogP contribution in [0.1, 0.15) is 17.3 Å². The Hall–Kier alpha value is -2.17. The van der Waals surface area contributed by atoms with Crippen LogP contribution < -0.4 is 5.32 Å². The van der Waals surface area contributed by atoms with E-state index in [-0.39, 0.29) is 11.5 Å². The largest absolute Gasteiger partial charge is 0.478 e. The number of carboxylic acid groups (broad SMARTS) is 1. The van der Waals surface area contributed by atoms with E-state index in [1.165, 1.54) is 24.4 Å². The fourth-order valence-corrected chi connectivity index (χ4v) is 0.914. The third-order valence-corrected chi connectivity index (χ3v) is 1.58. The van der Waals surface area contributed by atoms with Gasteiger partial charge in [-0.25, -0.2) is 9.78 Å². The lowest BCUT2D eigenvalue weighted by molar-refractivity contribution is -0.111. The van der Waals surface area contributed by atoms with Gasteiger partial charge < -0.3 is 10.4 Å². The van der Waals surface area contributed by atoms with Crippen LogP contribution in [0.5, 0.6) is 0 Å². The molecule has 0 aliphatic carbocycles. The number of carboxylic acids is 1. The second-order valence-corrected chi connectivity index (χ2v) is 2.73. The van der Waals surface area contributed by atoms with Gasteiger partial charge >= 0.3 is 5.97 Å². The number of pyridine rings is 1. The summed E-state index contributed by atoms with van der Waals surface area (Å²) >= 11 is 0. The lowest BCUT2D eigenvalue weighted by Gasteiger charge is -2.00. The lowest BCUT2D eigenvalue weighted by Crippen LogP contribution is -2.09. The minimum atomic E-state index is -1.05. The number of nitrogens with one attached hydrogen (secondary N) is 1. The second-order valence-electron chi connectivity index (χ2n) is 2.73. The van der Waals surface area contributed by atoms with E-state index in [0.717, 1.165) is 0 Å². The van der Waals surface area contributed by atoms with Crippen molar-refractivity contribution in [2.45, 2.75) is 6.92 Å². The number of amides is 1. The monoisotopic (exact) mass is 206 g/mol. The summed E-state index contributed by atoms with van der Waals surface area (Å²) in [5.74, 6) is -1.02. The van der Waals surface area contributed by atoms with Crippen LogP contribution in [0.2, 0.25) is 0 Å². The maximum absolute atomic E-state index is 11.1.